The molecule has 1 N–H and O–H groups in total. The van der Waals surface area contributed by atoms with Crippen molar-refractivity contribution in [2.24, 2.45) is 0 Å². The molecule has 0 aliphatic rings. The lowest BCUT2D eigenvalue weighted by Crippen LogP contribution is -2.04. The molecule has 0 spiro atoms. The van der Waals surface area contributed by atoms with E-state index in [4.69, 9.17) is 0 Å². The topological polar surface area (TPSA) is 20.2 Å². The summed E-state index contributed by atoms with van der Waals surface area (Å²) < 4.78 is 21.3. The van der Waals surface area contributed by atoms with Gasteiger partial charge in [0.15, 0.2) is 0 Å². The van der Waals surface area contributed by atoms with Crippen LogP contribution in [-0.2, 0) is 0 Å². The molecule has 0 aliphatic carbocycles. The summed E-state index contributed by atoms with van der Waals surface area (Å²) in [5.74, 6) is 0.344. The van der Waals surface area contributed by atoms with Gasteiger partial charge in [0.1, 0.15) is 5.83 Å². The van der Waals surface area contributed by atoms with Gasteiger partial charge in [-0.3, -0.25) is 0 Å². The molecule has 1 unspecified atom stereocenters. The van der Waals surface area contributed by atoms with Crippen LogP contribution >= 0.6 is 10.3 Å². The Morgan fingerprint density at radius 3 is 2.33 bits per heavy atom. The highest BCUT2D eigenvalue weighted by molar-refractivity contribution is 8.28. The fourth-order valence-electron chi connectivity index (χ4n) is 0.439. The Balaban J connectivity index is 3.71. The Bertz CT molecular complexity index is 112. The summed E-state index contributed by atoms with van der Waals surface area (Å²) in [4.78, 5) is 0. The number of rotatable bonds is 3. The SMILES string of the molecule is C=C(F)CS(C)(O)CC. The Hall–Kier alpha value is -0.0200. The summed E-state index contributed by atoms with van der Waals surface area (Å²) in [6.07, 6.45) is 1.68. The van der Waals surface area contributed by atoms with Crippen LogP contribution in [0.4, 0.5) is 4.39 Å². The Morgan fingerprint density at radius 1 is 1.78 bits per heavy atom. The van der Waals surface area contributed by atoms with Crippen molar-refractivity contribution in [3.63, 3.8) is 0 Å². The van der Waals surface area contributed by atoms with E-state index in [1.807, 2.05) is 6.92 Å². The molecule has 3 heteroatoms. The second-order valence-corrected chi connectivity index (χ2v) is 5.48. The quantitative estimate of drug-likeness (QED) is 0.658. The molecule has 9 heavy (non-hydrogen) atoms. The van der Waals surface area contributed by atoms with Crippen molar-refractivity contribution < 1.29 is 8.94 Å². The second kappa shape index (κ2) is 3.22. The molecule has 0 bridgehead atoms. The van der Waals surface area contributed by atoms with Crippen molar-refractivity contribution in [2.45, 2.75) is 6.92 Å². The van der Waals surface area contributed by atoms with Crippen LogP contribution in [0.25, 0.3) is 0 Å². The van der Waals surface area contributed by atoms with E-state index in [0.29, 0.717) is 5.75 Å². The van der Waals surface area contributed by atoms with E-state index >= 15 is 0 Å². The second-order valence-electron chi connectivity index (χ2n) is 2.17. The third-order valence-corrected chi connectivity index (χ3v) is 3.27. The van der Waals surface area contributed by atoms with Gasteiger partial charge in [0.2, 0.25) is 0 Å². The highest BCUT2D eigenvalue weighted by Gasteiger charge is 2.11. The molecule has 0 fully saturated rings. The third kappa shape index (κ3) is 4.48. The molecule has 1 atom stereocenters. The molecule has 1 nitrogen and oxygen atoms in total. The molecule has 0 aromatic heterocycles. The standard InChI is InChI=1S/C6H13FOS/c1-4-9(3,8)5-6(2)7/h8H,2,4-5H2,1,3H3. The van der Waals surface area contributed by atoms with Crippen LogP contribution in [0.1, 0.15) is 6.92 Å². The lowest BCUT2D eigenvalue weighted by atomic mass is 10.7. The fourth-order valence-corrected chi connectivity index (χ4v) is 1.32. The first kappa shape index (κ1) is 8.98. The van der Waals surface area contributed by atoms with E-state index in [2.05, 4.69) is 6.58 Å². The van der Waals surface area contributed by atoms with E-state index in [0.717, 1.165) is 0 Å². The summed E-state index contributed by atoms with van der Waals surface area (Å²) >= 11 is 0. The molecule has 0 saturated heterocycles. The van der Waals surface area contributed by atoms with Crippen LogP contribution < -0.4 is 0 Å². The maximum absolute atomic E-state index is 12.1. The zero-order chi connectivity index (χ0) is 7.49. The molecule has 0 aromatic rings. The van der Waals surface area contributed by atoms with E-state index in [1.165, 1.54) is 0 Å². The molecule has 0 aromatic carbocycles. The van der Waals surface area contributed by atoms with E-state index in [-0.39, 0.29) is 5.75 Å². The Kier molecular flexibility index (Phi) is 3.22. The predicted octanol–water partition coefficient (Wildman–Crippen LogP) is 2.40. The Morgan fingerprint density at radius 2 is 2.22 bits per heavy atom. The summed E-state index contributed by atoms with van der Waals surface area (Å²) in [6.45, 7) is 4.93. The van der Waals surface area contributed by atoms with Crippen molar-refractivity contribution in [3.05, 3.63) is 12.4 Å². The van der Waals surface area contributed by atoms with Crippen molar-refractivity contribution >= 4 is 10.3 Å². The van der Waals surface area contributed by atoms with Gasteiger partial charge in [-0.05, 0) is 12.0 Å². The largest absolute Gasteiger partial charge is 0.351 e. The molecule has 0 rings (SSSR count). The maximum Gasteiger partial charge on any atom is 0.103 e. The minimum Gasteiger partial charge on any atom is -0.351 e. The summed E-state index contributed by atoms with van der Waals surface area (Å²) in [5, 5.41) is 0. The summed E-state index contributed by atoms with van der Waals surface area (Å²) in [6, 6.07) is 0. The normalized spacial score (nSPS) is 20.4. The monoisotopic (exact) mass is 152 g/mol. The first-order valence-corrected chi connectivity index (χ1v) is 5.11. The maximum atomic E-state index is 12.1. The number of halogens is 1. The molecular weight excluding hydrogens is 139 g/mol. The zero-order valence-corrected chi connectivity index (χ0v) is 6.67. The molecule has 56 valence electrons. The average Bonchev–Trinajstić information content (AvgIpc) is 1.63. The molecular formula is C6H13FOS. The third-order valence-electron chi connectivity index (χ3n) is 1.09. The van der Waals surface area contributed by atoms with Gasteiger partial charge in [-0.1, -0.05) is 13.5 Å². The smallest absolute Gasteiger partial charge is 0.103 e. The van der Waals surface area contributed by atoms with Crippen LogP contribution in [-0.4, -0.2) is 22.3 Å². The molecule has 0 amide bonds. The minimum atomic E-state index is -1.69. The van der Waals surface area contributed by atoms with Crippen LogP contribution in [0.15, 0.2) is 12.4 Å². The van der Waals surface area contributed by atoms with Crippen LogP contribution in [0, 0.1) is 0 Å². The number of hydrogen-bond acceptors (Lipinski definition) is 1. The lowest BCUT2D eigenvalue weighted by Gasteiger charge is -2.25. The first-order chi connectivity index (χ1) is 3.98. The molecule has 0 heterocycles. The molecule has 0 saturated carbocycles. The van der Waals surface area contributed by atoms with Crippen molar-refractivity contribution in [2.75, 3.05) is 17.8 Å². The minimum absolute atomic E-state index is 0.128. The van der Waals surface area contributed by atoms with Crippen molar-refractivity contribution in [1.29, 1.82) is 0 Å². The lowest BCUT2D eigenvalue weighted by molar-refractivity contribution is 0.609. The summed E-state index contributed by atoms with van der Waals surface area (Å²) in [7, 11) is -1.69. The van der Waals surface area contributed by atoms with Crippen LogP contribution in [0.3, 0.4) is 0 Å². The van der Waals surface area contributed by atoms with E-state index in [1.54, 1.807) is 6.26 Å². The van der Waals surface area contributed by atoms with Crippen molar-refractivity contribution in [3.8, 4) is 0 Å². The highest BCUT2D eigenvalue weighted by atomic mass is 32.3. The van der Waals surface area contributed by atoms with Gasteiger partial charge in [-0.25, -0.2) is 4.39 Å². The molecule has 0 aliphatic heterocycles. The van der Waals surface area contributed by atoms with Gasteiger partial charge in [-0.2, -0.15) is 0 Å². The highest BCUT2D eigenvalue weighted by Crippen LogP contribution is 2.39. The van der Waals surface area contributed by atoms with E-state index in [9.17, 15) is 8.94 Å². The fraction of sp³-hybridized carbons (Fsp3) is 0.667. The van der Waals surface area contributed by atoms with Crippen LogP contribution in [0.2, 0.25) is 0 Å². The van der Waals surface area contributed by atoms with Gasteiger partial charge >= 0.3 is 0 Å². The number of hydrogen-bond donors (Lipinski definition) is 1. The average molecular weight is 152 g/mol. The molecule has 0 radical (unpaired) electrons. The van der Waals surface area contributed by atoms with Gasteiger partial charge in [-0.15, -0.1) is 10.3 Å². The van der Waals surface area contributed by atoms with Crippen LogP contribution in [0.5, 0.6) is 0 Å². The van der Waals surface area contributed by atoms with Gasteiger partial charge in [0.25, 0.3) is 0 Å². The Labute approximate surface area is 57.1 Å². The summed E-state index contributed by atoms with van der Waals surface area (Å²) in [5.41, 5.74) is 0. The van der Waals surface area contributed by atoms with Gasteiger partial charge < -0.3 is 4.55 Å². The predicted molar refractivity (Wildman–Crippen MR) is 41.8 cm³/mol. The zero-order valence-electron chi connectivity index (χ0n) is 5.85. The van der Waals surface area contributed by atoms with Gasteiger partial charge in [0, 0.05) is 5.75 Å². The van der Waals surface area contributed by atoms with E-state index < -0.39 is 16.1 Å². The van der Waals surface area contributed by atoms with Gasteiger partial charge in [0.05, 0.1) is 0 Å². The van der Waals surface area contributed by atoms with Crippen molar-refractivity contribution in [1.82, 2.24) is 0 Å². The first-order valence-electron chi connectivity index (χ1n) is 2.77.